The van der Waals surface area contributed by atoms with E-state index in [0.717, 1.165) is 0 Å². The largest absolute Gasteiger partial charge is 0.292 e. The van der Waals surface area contributed by atoms with Crippen molar-refractivity contribution < 1.29 is 9.18 Å². The van der Waals surface area contributed by atoms with Gasteiger partial charge in [0.25, 0.3) is 0 Å². The molecule has 0 aliphatic rings. The fourth-order valence-corrected chi connectivity index (χ4v) is 0.827. The van der Waals surface area contributed by atoms with Crippen molar-refractivity contribution in [2.45, 2.75) is 6.92 Å². The minimum atomic E-state index is -0.424. The first kappa shape index (κ1) is 10.9. The van der Waals surface area contributed by atoms with E-state index in [4.69, 9.17) is 5.26 Å². The van der Waals surface area contributed by atoms with Crippen LogP contribution in [0.15, 0.2) is 29.4 Å². The fraction of sp³-hybridized carbons (Fsp3) is 0.100. The van der Waals surface area contributed by atoms with E-state index in [1.807, 2.05) is 0 Å². The van der Waals surface area contributed by atoms with E-state index in [1.165, 1.54) is 31.2 Å². The molecule has 1 rings (SSSR count). The highest BCUT2D eigenvalue weighted by Crippen LogP contribution is 2.07. The molecular formula is C10H8FN3O. The molecule has 0 fully saturated rings. The molecule has 1 aromatic rings. The lowest BCUT2D eigenvalue weighted by atomic mass is 10.3. The third-order valence-corrected chi connectivity index (χ3v) is 1.58. The lowest BCUT2D eigenvalue weighted by Gasteiger charge is -1.99. The summed E-state index contributed by atoms with van der Waals surface area (Å²) in [6.45, 7) is 1.24. The van der Waals surface area contributed by atoms with E-state index in [0.29, 0.717) is 5.69 Å². The van der Waals surface area contributed by atoms with E-state index in [-0.39, 0.29) is 11.5 Å². The van der Waals surface area contributed by atoms with Gasteiger partial charge < -0.3 is 0 Å². The number of nitrogens with one attached hydrogen (secondary N) is 1. The van der Waals surface area contributed by atoms with Crippen LogP contribution in [0, 0.1) is 17.1 Å². The first-order valence-corrected chi connectivity index (χ1v) is 4.14. The van der Waals surface area contributed by atoms with Gasteiger partial charge in [0.2, 0.25) is 5.71 Å². The molecule has 0 aliphatic carbocycles. The van der Waals surface area contributed by atoms with Crippen LogP contribution in [0.1, 0.15) is 6.92 Å². The Kier molecular flexibility index (Phi) is 3.52. The van der Waals surface area contributed by atoms with Crippen molar-refractivity contribution in [3.8, 4) is 6.07 Å². The van der Waals surface area contributed by atoms with Gasteiger partial charge in [-0.05, 0) is 24.3 Å². The zero-order chi connectivity index (χ0) is 11.3. The van der Waals surface area contributed by atoms with E-state index >= 15 is 0 Å². The number of carbonyl (C=O) groups excluding carboxylic acids is 1. The third kappa shape index (κ3) is 3.19. The molecule has 0 amide bonds. The normalized spacial score (nSPS) is 10.6. The Labute approximate surface area is 86.0 Å². The highest BCUT2D eigenvalue weighted by molar-refractivity contribution is 6.45. The molecule has 0 unspecified atom stereocenters. The summed E-state index contributed by atoms with van der Waals surface area (Å²) in [6, 6.07) is 7.05. The standard InChI is InChI=1S/C10H8FN3O/c1-7(15)10(6-12)14-13-9-4-2-8(11)3-5-9/h2-5,13H,1H3. The average Bonchev–Trinajstić information content (AvgIpc) is 2.21. The van der Waals surface area contributed by atoms with Crippen molar-refractivity contribution in [3.05, 3.63) is 30.1 Å². The van der Waals surface area contributed by atoms with Gasteiger partial charge in [-0.1, -0.05) is 0 Å². The minimum Gasteiger partial charge on any atom is -0.292 e. The summed E-state index contributed by atoms with van der Waals surface area (Å²) in [5, 5.41) is 12.1. The van der Waals surface area contributed by atoms with Crippen LogP contribution in [0.2, 0.25) is 0 Å². The zero-order valence-corrected chi connectivity index (χ0v) is 7.99. The number of hydrogen-bond acceptors (Lipinski definition) is 4. The molecule has 4 nitrogen and oxygen atoms in total. The fourth-order valence-electron chi connectivity index (χ4n) is 0.827. The Morgan fingerprint density at radius 2 is 2.07 bits per heavy atom. The number of nitrogens with zero attached hydrogens (tertiary/aromatic N) is 2. The van der Waals surface area contributed by atoms with Gasteiger partial charge in [-0.2, -0.15) is 10.4 Å². The van der Waals surface area contributed by atoms with Crippen molar-refractivity contribution in [1.82, 2.24) is 0 Å². The zero-order valence-electron chi connectivity index (χ0n) is 7.99. The number of rotatable bonds is 3. The van der Waals surface area contributed by atoms with Crippen LogP contribution < -0.4 is 5.43 Å². The van der Waals surface area contributed by atoms with E-state index in [9.17, 15) is 9.18 Å². The molecule has 0 radical (unpaired) electrons. The van der Waals surface area contributed by atoms with Gasteiger partial charge >= 0.3 is 0 Å². The average molecular weight is 205 g/mol. The summed E-state index contributed by atoms with van der Waals surface area (Å²) >= 11 is 0. The maximum atomic E-state index is 12.5. The molecule has 0 spiro atoms. The Hall–Kier alpha value is -2.22. The number of hydrazone groups is 1. The quantitative estimate of drug-likeness (QED) is 0.603. The van der Waals surface area contributed by atoms with Crippen molar-refractivity contribution >= 4 is 17.2 Å². The lowest BCUT2D eigenvalue weighted by Crippen LogP contribution is -2.09. The highest BCUT2D eigenvalue weighted by Gasteiger charge is 2.03. The second-order valence-electron chi connectivity index (χ2n) is 2.75. The molecule has 0 aliphatic heterocycles. The maximum absolute atomic E-state index is 12.5. The molecular weight excluding hydrogens is 197 g/mol. The molecule has 0 heterocycles. The van der Waals surface area contributed by atoms with Gasteiger partial charge in [-0.15, -0.1) is 0 Å². The summed E-state index contributed by atoms with van der Waals surface area (Å²) in [7, 11) is 0. The van der Waals surface area contributed by atoms with Gasteiger partial charge in [-0.25, -0.2) is 4.39 Å². The van der Waals surface area contributed by atoms with Gasteiger partial charge in [-0.3, -0.25) is 10.2 Å². The molecule has 0 saturated carbocycles. The lowest BCUT2D eigenvalue weighted by molar-refractivity contribution is -0.110. The highest BCUT2D eigenvalue weighted by atomic mass is 19.1. The number of hydrogen-bond donors (Lipinski definition) is 1. The maximum Gasteiger partial charge on any atom is 0.203 e. The number of Topliss-reactive ketones (excluding diaryl/α,β-unsaturated/α-hetero) is 1. The summed E-state index contributed by atoms with van der Waals surface area (Å²) in [5.74, 6) is -0.788. The van der Waals surface area contributed by atoms with E-state index in [1.54, 1.807) is 6.07 Å². The molecule has 76 valence electrons. The molecule has 0 atom stereocenters. The topological polar surface area (TPSA) is 65.2 Å². The van der Waals surface area contributed by atoms with Crippen molar-refractivity contribution in [2.75, 3.05) is 5.43 Å². The Bertz CT molecular complexity index is 431. The summed E-state index contributed by atoms with van der Waals surface area (Å²) < 4.78 is 12.5. The van der Waals surface area contributed by atoms with Crippen LogP contribution >= 0.6 is 0 Å². The number of benzene rings is 1. The number of nitriles is 1. The summed E-state index contributed by atoms with van der Waals surface area (Å²) in [5.41, 5.74) is 2.76. The van der Waals surface area contributed by atoms with Gasteiger partial charge in [0.1, 0.15) is 11.9 Å². The number of carbonyl (C=O) groups is 1. The first-order valence-electron chi connectivity index (χ1n) is 4.14. The predicted octanol–water partition coefficient (Wildman–Crippen LogP) is 1.71. The Morgan fingerprint density at radius 3 is 2.53 bits per heavy atom. The van der Waals surface area contributed by atoms with Crippen LogP contribution in [0.4, 0.5) is 10.1 Å². The molecule has 15 heavy (non-hydrogen) atoms. The van der Waals surface area contributed by atoms with Crippen LogP contribution in [0.5, 0.6) is 0 Å². The molecule has 0 bridgehead atoms. The van der Waals surface area contributed by atoms with Crippen molar-refractivity contribution in [1.29, 1.82) is 5.26 Å². The van der Waals surface area contributed by atoms with Gasteiger partial charge in [0, 0.05) is 6.92 Å². The van der Waals surface area contributed by atoms with Crippen LogP contribution in [-0.4, -0.2) is 11.5 Å². The number of halogens is 1. The molecule has 0 saturated heterocycles. The molecule has 1 N–H and O–H groups in total. The van der Waals surface area contributed by atoms with E-state index < -0.39 is 5.78 Å². The Balaban J connectivity index is 2.76. The monoisotopic (exact) mass is 205 g/mol. The van der Waals surface area contributed by atoms with Gasteiger partial charge in [0.15, 0.2) is 5.78 Å². The second-order valence-corrected chi connectivity index (χ2v) is 2.75. The van der Waals surface area contributed by atoms with Crippen LogP contribution in [-0.2, 0) is 4.79 Å². The number of anilines is 1. The smallest absolute Gasteiger partial charge is 0.203 e. The van der Waals surface area contributed by atoms with Gasteiger partial charge in [0.05, 0.1) is 5.69 Å². The SMILES string of the molecule is CC(=O)C(C#N)=NNc1ccc(F)cc1. The third-order valence-electron chi connectivity index (χ3n) is 1.58. The molecule has 1 aromatic carbocycles. The molecule has 0 aromatic heterocycles. The van der Waals surface area contributed by atoms with Crippen molar-refractivity contribution in [3.63, 3.8) is 0 Å². The minimum absolute atomic E-state index is 0.223. The summed E-state index contributed by atoms with van der Waals surface area (Å²) in [6.07, 6.45) is 0. The van der Waals surface area contributed by atoms with E-state index in [2.05, 4.69) is 10.5 Å². The Morgan fingerprint density at radius 1 is 1.47 bits per heavy atom. The number of ketones is 1. The summed E-state index contributed by atoms with van der Waals surface area (Å²) in [4.78, 5) is 10.8. The second kappa shape index (κ2) is 4.86. The predicted molar refractivity (Wildman–Crippen MR) is 53.8 cm³/mol. The van der Waals surface area contributed by atoms with Crippen LogP contribution in [0.25, 0.3) is 0 Å². The molecule has 5 heteroatoms. The van der Waals surface area contributed by atoms with Crippen LogP contribution in [0.3, 0.4) is 0 Å². The van der Waals surface area contributed by atoms with Crippen molar-refractivity contribution in [2.24, 2.45) is 5.10 Å². The first-order chi connectivity index (χ1) is 7.13.